The van der Waals surface area contributed by atoms with Gasteiger partial charge in [-0.05, 0) is 25.1 Å². The number of aryl methyl sites for hydroxylation is 1. The summed E-state index contributed by atoms with van der Waals surface area (Å²) in [6.45, 7) is 1.72. The lowest BCUT2D eigenvalue weighted by atomic mass is 10.3. The third-order valence-electron chi connectivity index (χ3n) is 2.19. The lowest BCUT2D eigenvalue weighted by Gasteiger charge is -2.08. The monoisotopic (exact) mass is 280 g/mol. The summed E-state index contributed by atoms with van der Waals surface area (Å²) in [5.74, 6) is 0. The molecule has 0 saturated heterocycles. The van der Waals surface area contributed by atoms with E-state index in [1.165, 1.54) is 10.6 Å². The van der Waals surface area contributed by atoms with Gasteiger partial charge in [0.25, 0.3) is 5.56 Å². The highest BCUT2D eigenvalue weighted by Gasteiger charge is 2.04. The summed E-state index contributed by atoms with van der Waals surface area (Å²) in [7, 11) is 0. The molecule has 0 spiro atoms. The molecular weight excluding hydrogens is 272 g/mol. The van der Waals surface area contributed by atoms with Crippen LogP contribution in [0, 0.1) is 6.92 Å². The number of hydrogen-bond donors (Lipinski definition) is 1. The molecule has 2 rings (SSSR count). The van der Waals surface area contributed by atoms with Gasteiger partial charge in [-0.1, -0.05) is 22.0 Å². The first-order valence-corrected chi connectivity index (χ1v) is 5.46. The van der Waals surface area contributed by atoms with E-state index in [0.29, 0.717) is 11.4 Å². The van der Waals surface area contributed by atoms with Crippen LogP contribution in [0.25, 0.3) is 5.69 Å². The van der Waals surface area contributed by atoms with Crippen LogP contribution in [-0.2, 0) is 0 Å². The van der Waals surface area contributed by atoms with Gasteiger partial charge >= 0.3 is 5.69 Å². The molecule has 0 aliphatic rings. The molecule has 0 saturated carbocycles. The van der Waals surface area contributed by atoms with E-state index in [-0.39, 0.29) is 5.56 Å². The minimum atomic E-state index is -0.428. The number of nitrogens with one attached hydrogen (secondary N) is 1. The van der Waals surface area contributed by atoms with Gasteiger partial charge in [0.05, 0.1) is 5.69 Å². The maximum Gasteiger partial charge on any atom is 0.333 e. The number of halogens is 1. The molecule has 0 aliphatic carbocycles. The summed E-state index contributed by atoms with van der Waals surface area (Å²) < 4.78 is 2.33. The highest BCUT2D eigenvalue weighted by atomic mass is 79.9. The van der Waals surface area contributed by atoms with Gasteiger partial charge in [-0.25, -0.2) is 4.79 Å². The van der Waals surface area contributed by atoms with E-state index in [4.69, 9.17) is 0 Å². The smallest absolute Gasteiger partial charge is 0.274 e. The topological polar surface area (TPSA) is 54.9 Å². The predicted octanol–water partition coefficient (Wildman–Crippen LogP) is 1.60. The zero-order valence-corrected chi connectivity index (χ0v) is 10.1. The van der Waals surface area contributed by atoms with E-state index >= 15 is 0 Å². The van der Waals surface area contributed by atoms with Crippen molar-refractivity contribution in [1.82, 2.24) is 9.55 Å². The van der Waals surface area contributed by atoms with E-state index in [9.17, 15) is 9.59 Å². The van der Waals surface area contributed by atoms with Crippen molar-refractivity contribution in [1.29, 1.82) is 0 Å². The second kappa shape index (κ2) is 4.09. The largest absolute Gasteiger partial charge is 0.333 e. The van der Waals surface area contributed by atoms with Gasteiger partial charge < -0.3 is 0 Å². The summed E-state index contributed by atoms with van der Waals surface area (Å²) >= 11 is 3.34. The Bertz CT molecular complexity index is 643. The zero-order valence-electron chi connectivity index (χ0n) is 8.53. The molecule has 2 aromatic rings. The third kappa shape index (κ3) is 1.99. The van der Waals surface area contributed by atoms with Gasteiger partial charge in [-0.15, -0.1) is 0 Å². The van der Waals surface area contributed by atoms with E-state index in [0.717, 1.165) is 4.47 Å². The maximum absolute atomic E-state index is 11.7. The van der Waals surface area contributed by atoms with Crippen molar-refractivity contribution in [3.05, 3.63) is 61.3 Å². The van der Waals surface area contributed by atoms with Crippen LogP contribution in [0.2, 0.25) is 0 Å². The first-order chi connectivity index (χ1) is 7.58. The predicted molar refractivity (Wildman–Crippen MR) is 65.1 cm³/mol. The lowest BCUT2D eigenvalue weighted by Crippen LogP contribution is -2.29. The molecule has 0 fully saturated rings. The Labute approximate surface area is 99.7 Å². The van der Waals surface area contributed by atoms with Gasteiger partial charge in [0.1, 0.15) is 0 Å². The summed E-state index contributed by atoms with van der Waals surface area (Å²) in [4.78, 5) is 25.0. The summed E-state index contributed by atoms with van der Waals surface area (Å²) in [6, 6.07) is 8.71. The highest BCUT2D eigenvalue weighted by molar-refractivity contribution is 9.10. The van der Waals surface area contributed by atoms with Crippen LogP contribution >= 0.6 is 15.9 Å². The second-order valence-corrected chi connectivity index (χ2v) is 4.31. The number of H-pyrrole nitrogens is 1. The molecule has 0 unspecified atom stereocenters. The molecule has 0 atom stereocenters. The number of benzene rings is 1. The molecule has 1 N–H and O–H groups in total. The fraction of sp³-hybridized carbons (Fsp3) is 0.0909. The van der Waals surface area contributed by atoms with Crippen molar-refractivity contribution in [3.8, 4) is 5.69 Å². The molecule has 5 heteroatoms. The molecular formula is C11H9BrN2O2. The molecule has 0 radical (unpaired) electrons. The van der Waals surface area contributed by atoms with Crippen LogP contribution in [0.4, 0.5) is 0 Å². The van der Waals surface area contributed by atoms with Gasteiger partial charge in [0.2, 0.25) is 0 Å². The zero-order chi connectivity index (χ0) is 11.7. The minimum absolute atomic E-state index is 0.381. The molecule has 0 amide bonds. The highest BCUT2D eigenvalue weighted by Crippen LogP contribution is 2.14. The molecule has 4 nitrogen and oxygen atoms in total. The van der Waals surface area contributed by atoms with Crippen molar-refractivity contribution in [2.45, 2.75) is 6.92 Å². The SMILES string of the molecule is Cc1cc(=O)[nH]c(=O)n1-c1cccc(Br)c1. The minimum Gasteiger partial charge on any atom is -0.274 e. The van der Waals surface area contributed by atoms with Crippen LogP contribution in [0.5, 0.6) is 0 Å². The Kier molecular flexibility index (Phi) is 2.78. The van der Waals surface area contributed by atoms with Gasteiger partial charge in [-0.3, -0.25) is 14.3 Å². The molecule has 0 bridgehead atoms. The number of hydrogen-bond acceptors (Lipinski definition) is 2. The second-order valence-electron chi connectivity index (χ2n) is 3.40. The summed E-state index contributed by atoms with van der Waals surface area (Å²) in [5.41, 5.74) is 0.511. The van der Waals surface area contributed by atoms with Crippen molar-refractivity contribution < 1.29 is 0 Å². The van der Waals surface area contributed by atoms with Crippen LogP contribution in [0.15, 0.2) is 44.4 Å². The van der Waals surface area contributed by atoms with E-state index < -0.39 is 5.69 Å². The lowest BCUT2D eigenvalue weighted by molar-refractivity contribution is 0.856. The Morgan fingerprint density at radius 2 is 2.00 bits per heavy atom. The van der Waals surface area contributed by atoms with Crippen molar-refractivity contribution >= 4 is 15.9 Å². The van der Waals surface area contributed by atoms with Crippen LogP contribution in [0.1, 0.15) is 5.69 Å². The van der Waals surface area contributed by atoms with E-state index in [2.05, 4.69) is 20.9 Å². The van der Waals surface area contributed by atoms with Gasteiger partial charge in [0.15, 0.2) is 0 Å². The Morgan fingerprint density at radius 1 is 1.25 bits per heavy atom. The number of aromatic amines is 1. The van der Waals surface area contributed by atoms with Gasteiger partial charge in [0, 0.05) is 16.2 Å². The third-order valence-corrected chi connectivity index (χ3v) is 2.69. The van der Waals surface area contributed by atoms with Crippen LogP contribution < -0.4 is 11.2 Å². The molecule has 16 heavy (non-hydrogen) atoms. The molecule has 1 aromatic heterocycles. The Morgan fingerprint density at radius 3 is 2.62 bits per heavy atom. The van der Waals surface area contributed by atoms with Crippen molar-refractivity contribution in [2.75, 3.05) is 0 Å². The van der Waals surface area contributed by atoms with Crippen molar-refractivity contribution in [2.24, 2.45) is 0 Å². The first-order valence-electron chi connectivity index (χ1n) is 4.67. The maximum atomic E-state index is 11.7. The summed E-state index contributed by atoms with van der Waals surface area (Å²) in [5, 5.41) is 0. The molecule has 1 aromatic carbocycles. The van der Waals surface area contributed by atoms with Gasteiger partial charge in [-0.2, -0.15) is 0 Å². The fourth-order valence-corrected chi connectivity index (χ4v) is 1.94. The average molecular weight is 281 g/mol. The molecule has 0 aliphatic heterocycles. The van der Waals surface area contributed by atoms with Crippen LogP contribution in [-0.4, -0.2) is 9.55 Å². The number of aromatic nitrogens is 2. The van der Waals surface area contributed by atoms with Crippen LogP contribution in [0.3, 0.4) is 0 Å². The molecule has 1 heterocycles. The average Bonchev–Trinajstić information content (AvgIpc) is 2.15. The normalized spacial score (nSPS) is 10.4. The fourth-order valence-electron chi connectivity index (χ4n) is 1.55. The van der Waals surface area contributed by atoms with E-state index in [1.807, 2.05) is 18.2 Å². The Hall–Kier alpha value is -1.62. The van der Waals surface area contributed by atoms with E-state index in [1.54, 1.807) is 13.0 Å². The Balaban J connectivity index is 2.74. The first kappa shape index (κ1) is 10.9. The summed E-state index contributed by atoms with van der Waals surface area (Å²) in [6.07, 6.45) is 0. The number of rotatable bonds is 1. The van der Waals surface area contributed by atoms with Crippen molar-refractivity contribution in [3.63, 3.8) is 0 Å². The number of nitrogens with zero attached hydrogens (tertiary/aromatic N) is 1. The molecule has 82 valence electrons. The standard InChI is InChI=1S/C11H9BrN2O2/c1-7-5-10(15)13-11(16)14(7)9-4-2-3-8(12)6-9/h2-6H,1H3,(H,13,15,16). The quantitative estimate of drug-likeness (QED) is 0.863.